The zero-order valence-electron chi connectivity index (χ0n) is 14.3. The van der Waals surface area contributed by atoms with Crippen molar-refractivity contribution in [1.82, 2.24) is 8.97 Å². The topological polar surface area (TPSA) is 43.5 Å². The van der Waals surface area contributed by atoms with Gasteiger partial charge in [0.2, 0.25) is 0 Å². The van der Waals surface area contributed by atoms with Gasteiger partial charge in [-0.25, -0.2) is 0 Å². The molecule has 5 aromatic rings. The Kier molecular flexibility index (Phi) is 2.66. The van der Waals surface area contributed by atoms with E-state index in [0.717, 1.165) is 16.6 Å². The van der Waals surface area contributed by atoms with Crippen molar-refractivity contribution in [3.05, 3.63) is 98.9 Å². The van der Waals surface area contributed by atoms with Gasteiger partial charge in [-0.1, -0.05) is 48.5 Å². The fourth-order valence-corrected chi connectivity index (χ4v) is 4.38. The Balaban J connectivity index is 2.06. The normalized spacial score (nSPS) is 12.6. The molecule has 0 N–H and O–H groups in total. The van der Waals surface area contributed by atoms with Crippen molar-refractivity contribution < 1.29 is 0 Å². The van der Waals surface area contributed by atoms with Crippen molar-refractivity contribution >= 4 is 27.5 Å². The summed E-state index contributed by atoms with van der Waals surface area (Å²) in [4.78, 5) is 26.9. The van der Waals surface area contributed by atoms with Crippen LogP contribution in [0.2, 0.25) is 0 Å². The second-order valence-corrected chi connectivity index (χ2v) is 6.95. The smallest absolute Gasteiger partial charge is 0.266 e. The first kappa shape index (κ1) is 14.5. The zero-order chi connectivity index (χ0) is 18.1. The highest BCUT2D eigenvalue weighted by atomic mass is 16.1. The third kappa shape index (κ3) is 1.72. The lowest BCUT2D eigenvalue weighted by atomic mass is 9.95. The van der Waals surface area contributed by atoms with Crippen molar-refractivity contribution in [3.63, 3.8) is 0 Å². The molecular weight excluding hydrogens is 336 g/mol. The van der Waals surface area contributed by atoms with Gasteiger partial charge in [-0.05, 0) is 35.4 Å². The number of nitrogens with zero attached hydrogens (tertiary/aromatic N) is 2. The number of benzene rings is 3. The predicted molar refractivity (Wildman–Crippen MR) is 107 cm³/mol. The molecule has 3 aromatic carbocycles. The van der Waals surface area contributed by atoms with Crippen molar-refractivity contribution in [2.75, 3.05) is 0 Å². The van der Waals surface area contributed by atoms with Crippen LogP contribution in [0.3, 0.4) is 0 Å². The third-order valence-electron chi connectivity index (χ3n) is 5.55. The summed E-state index contributed by atoms with van der Waals surface area (Å²) in [5.74, 6) is 0. The minimum Gasteiger partial charge on any atom is -0.322 e. The minimum absolute atomic E-state index is 0.0267. The Morgan fingerprint density at radius 2 is 1.37 bits per heavy atom. The molecule has 0 aliphatic carbocycles. The average Bonchev–Trinajstić information content (AvgIpc) is 2.72. The molecule has 4 heteroatoms. The fraction of sp³-hybridized carbons (Fsp3) is 0.0435. The number of hydrogen-bond acceptors (Lipinski definition) is 2. The molecule has 128 valence electrons. The van der Waals surface area contributed by atoms with Crippen molar-refractivity contribution in [1.29, 1.82) is 0 Å². The summed E-state index contributed by atoms with van der Waals surface area (Å²) in [5.41, 5.74) is 4.70. The van der Waals surface area contributed by atoms with E-state index in [1.807, 2.05) is 60.7 Å². The van der Waals surface area contributed by atoms with Crippen molar-refractivity contribution in [2.45, 2.75) is 6.54 Å². The largest absolute Gasteiger partial charge is 0.322 e. The van der Waals surface area contributed by atoms with E-state index in [4.69, 9.17) is 0 Å². The molecule has 4 nitrogen and oxygen atoms in total. The van der Waals surface area contributed by atoms with Crippen molar-refractivity contribution in [2.24, 2.45) is 0 Å². The Bertz CT molecular complexity index is 1540. The highest BCUT2D eigenvalue weighted by Gasteiger charge is 2.25. The van der Waals surface area contributed by atoms with Gasteiger partial charge in [0.15, 0.2) is 5.43 Å². The van der Waals surface area contributed by atoms with Gasteiger partial charge in [0, 0.05) is 5.39 Å². The molecule has 0 unspecified atom stereocenters. The summed E-state index contributed by atoms with van der Waals surface area (Å²) in [6, 6.07) is 22.9. The van der Waals surface area contributed by atoms with Crippen LogP contribution in [0.25, 0.3) is 38.6 Å². The Hall–Kier alpha value is -3.66. The van der Waals surface area contributed by atoms with Gasteiger partial charge in [0.1, 0.15) is 5.65 Å². The van der Waals surface area contributed by atoms with Gasteiger partial charge in [-0.3, -0.25) is 14.0 Å². The maximum absolute atomic E-state index is 13.4. The van der Waals surface area contributed by atoms with Crippen LogP contribution in [0.1, 0.15) is 5.56 Å². The zero-order valence-corrected chi connectivity index (χ0v) is 14.3. The number of para-hydroxylation sites is 2. The molecule has 0 saturated carbocycles. The monoisotopic (exact) mass is 350 g/mol. The van der Waals surface area contributed by atoms with Gasteiger partial charge in [-0.15, -0.1) is 0 Å². The van der Waals surface area contributed by atoms with Crippen molar-refractivity contribution in [3.8, 4) is 11.1 Å². The molecule has 0 radical (unpaired) electrons. The van der Waals surface area contributed by atoms with Gasteiger partial charge < -0.3 is 4.57 Å². The van der Waals surface area contributed by atoms with E-state index in [9.17, 15) is 9.59 Å². The molecule has 0 saturated heterocycles. The second-order valence-electron chi connectivity index (χ2n) is 6.95. The summed E-state index contributed by atoms with van der Waals surface area (Å²) >= 11 is 0. The third-order valence-corrected chi connectivity index (χ3v) is 5.55. The van der Waals surface area contributed by atoms with Crippen LogP contribution >= 0.6 is 0 Å². The number of rotatable bonds is 0. The first-order chi connectivity index (χ1) is 13.3. The Morgan fingerprint density at radius 1 is 0.704 bits per heavy atom. The lowest BCUT2D eigenvalue weighted by Gasteiger charge is -2.25. The highest BCUT2D eigenvalue weighted by molar-refractivity contribution is 5.96. The summed E-state index contributed by atoms with van der Waals surface area (Å²) in [5, 5.41) is 1.23. The van der Waals surface area contributed by atoms with E-state index in [1.165, 1.54) is 0 Å². The fourth-order valence-electron chi connectivity index (χ4n) is 4.38. The lowest BCUT2D eigenvalue weighted by molar-refractivity contribution is 0.818. The van der Waals surface area contributed by atoms with E-state index in [0.29, 0.717) is 34.0 Å². The predicted octanol–water partition coefficient (Wildman–Crippen LogP) is 3.80. The van der Waals surface area contributed by atoms with E-state index in [1.54, 1.807) is 10.5 Å². The van der Waals surface area contributed by atoms with Crippen LogP contribution in [0.4, 0.5) is 0 Å². The quantitative estimate of drug-likeness (QED) is 0.309. The van der Waals surface area contributed by atoms with E-state index in [2.05, 4.69) is 10.6 Å². The van der Waals surface area contributed by atoms with E-state index < -0.39 is 0 Å². The van der Waals surface area contributed by atoms with Crippen LogP contribution in [-0.4, -0.2) is 8.97 Å². The number of aromatic nitrogens is 2. The summed E-state index contributed by atoms with van der Waals surface area (Å²) in [7, 11) is 0. The molecule has 6 rings (SSSR count). The Labute approximate surface area is 153 Å². The SMILES string of the molecule is O=c1c2c3n(c4ccccc4c(=O)n3c3ccccc13)Cc1ccccc1-2. The maximum atomic E-state index is 13.4. The van der Waals surface area contributed by atoms with Gasteiger partial charge in [-0.2, -0.15) is 0 Å². The van der Waals surface area contributed by atoms with Gasteiger partial charge in [0.05, 0.1) is 28.5 Å². The average molecular weight is 350 g/mol. The maximum Gasteiger partial charge on any atom is 0.266 e. The molecule has 3 heterocycles. The molecule has 1 aliphatic rings. The van der Waals surface area contributed by atoms with Crippen LogP contribution in [0.5, 0.6) is 0 Å². The summed E-state index contributed by atoms with van der Waals surface area (Å²) in [6.45, 7) is 0.630. The molecule has 0 spiro atoms. The summed E-state index contributed by atoms with van der Waals surface area (Å²) < 4.78 is 3.81. The molecule has 27 heavy (non-hydrogen) atoms. The Morgan fingerprint density at radius 3 is 2.22 bits per heavy atom. The second kappa shape index (κ2) is 4.95. The minimum atomic E-state index is -0.0892. The summed E-state index contributed by atoms with van der Waals surface area (Å²) in [6.07, 6.45) is 0. The molecule has 1 aliphatic heterocycles. The molecule has 0 fully saturated rings. The highest BCUT2D eigenvalue weighted by Crippen LogP contribution is 2.34. The van der Waals surface area contributed by atoms with Gasteiger partial charge in [0.25, 0.3) is 5.56 Å². The number of fused-ring (bicyclic) bond motifs is 6. The standard InChI is InChI=1S/C23H14N2O2/c26-21-16-9-3-6-12-19(16)25-22-20(21)15-8-2-1-7-14(15)13-24(22)18-11-5-4-10-17(18)23(25)27/h1-12H,13H2. The first-order valence-electron chi connectivity index (χ1n) is 8.93. The molecule has 0 amide bonds. The van der Waals surface area contributed by atoms with Crippen LogP contribution in [0, 0.1) is 0 Å². The first-order valence-corrected chi connectivity index (χ1v) is 8.93. The lowest BCUT2D eigenvalue weighted by Crippen LogP contribution is -2.27. The molecule has 0 atom stereocenters. The van der Waals surface area contributed by atoms with Crippen LogP contribution < -0.4 is 11.0 Å². The molecule has 0 bridgehead atoms. The van der Waals surface area contributed by atoms with Crippen LogP contribution in [0.15, 0.2) is 82.4 Å². The number of hydrogen-bond donors (Lipinski definition) is 0. The van der Waals surface area contributed by atoms with Gasteiger partial charge >= 0.3 is 0 Å². The molecule has 2 aromatic heterocycles. The van der Waals surface area contributed by atoms with E-state index >= 15 is 0 Å². The van der Waals surface area contributed by atoms with Crippen LogP contribution in [-0.2, 0) is 6.54 Å². The number of pyridine rings is 1. The molecular formula is C23H14N2O2. The van der Waals surface area contributed by atoms with E-state index in [-0.39, 0.29) is 11.0 Å².